The van der Waals surface area contributed by atoms with E-state index in [4.69, 9.17) is 4.74 Å². The van der Waals surface area contributed by atoms with Crippen molar-refractivity contribution < 1.29 is 9.84 Å². The summed E-state index contributed by atoms with van der Waals surface area (Å²) in [4.78, 5) is 0. The SMILES string of the molecule is CNC(c1ccc(OC)c(O)c1)C1CC1. The van der Waals surface area contributed by atoms with E-state index in [2.05, 4.69) is 5.32 Å². The molecule has 3 nitrogen and oxygen atoms in total. The molecule has 0 aromatic heterocycles. The second kappa shape index (κ2) is 4.11. The second-order valence-corrected chi connectivity index (χ2v) is 4.04. The van der Waals surface area contributed by atoms with Crippen molar-refractivity contribution in [3.8, 4) is 11.5 Å². The summed E-state index contributed by atoms with van der Waals surface area (Å²) in [6.07, 6.45) is 2.55. The number of phenolic OH excluding ortho intramolecular Hbond substituents is 1. The first kappa shape index (κ1) is 10.3. The smallest absolute Gasteiger partial charge is 0.160 e. The summed E-state index contributed by atoms with van der Waals surface area (Å²) in [7, 11) is 3.52. The van der Waals surface area contributed by atoms with Crippen molar-refractivity contribution in [1.82, 2.24) is 5.32 Å². The summed E-state index contributed by atoms with van der Waals surface area (Å²) >= 11 is 0. The van der Waals surface area contributed by atoms with Crippen molar-refractivity contribution in [2.45, 2.75) is 18.9 Å². The zero-order valence-electron chi connectivity index (χ0n) is 9.16. The largest absolute Gasteiger partial charge is 0.504 e. The molecule has 1 aliphatic carbocycles. The van der Waals surface area contributed by atoms with E-state index >= 15 is 0 Å². The van der Waals surface area contributed by atoms with E-state index in [1.807, 2.05) is 19.2 Å². The van der Waals surface area contributed by atoms with Crippen LogP contribution in [0.3, 0.4) is 0 Å². The molecule has 3 heteroatoms. The Hall–Kier alpha value is -1.22. The maximum absolute atomic E-state index is 9.69. The van der Waals surface area contributed by atoms with Gasteiger partial charge in [0.05, 0.1) is 7.11 Å². The van der Waals surface area contributed by atoms with Crippen LogP contribution in [0.1, 0.15) is 24.4 Å². The lowest BCUT2D eigenvalue weighted by molar-refractivity contribution is 0.372. The highest BCUT2D eigenvalue weighted by Gasteiger charge is 2.31. The normalized spacial score (nSPS) is 17.5. The molecule has 1 unspecified atom stereocenters. The first-order valence-electron chi connectivity index (χ1n) is 5.30. The molecular weight excluding hydrogens is 190 g/mol. The Morgan fingerprint density at radius 2 is 2.20 bits per heavy atom. The van der Waals surface area contributed by atoms with Crippen LogP contribution in [0.15, 0.2) is 18.2 Å². The Morgan fingerprint density at radius 1 is 1.47 bits per heavy atom. The second-order valence-electron chi connectivity index (χ2n) is 4.04. The third-order valence-electron chi connectivity index (χ3n) is 2.97. The molecule has 0 radical (unpaired) electrons. The van der Waals surface area contributed by atoms with Crippen molar-refractivity contribution in [3.63, 3.8) is 0 Å². The molecule has 2 rings (SSSR count). The van der Waals surface area contributed by atoms with Gasteiger partial charge in [-0.25, -0.2) is 0 Å². The molecule has 82 valence electrons. The fourth-order valence-electron chi connectivity index (χ4n) is 2.00. The Bertz CT molecular complexity index is 347. The number of rotatable bonds is 4. The zero-order valence-corrected chi connectivity index (χ0v) is 9.16. The predicted octanol–water partition coefficient (Wildman–Crippen LogP) is 2.07. The van der Waals surface area contributed by atoms with Crippen LogP contribution < -0.4 is 10.1 Å². The molecule has 0 bridgehead atoms. The van der Waals surface area contributed by atoms with Crippen molar-refractivity contribution >= 4 is 0 Å². The first-order chi connectivity index (χ1) is 7.26. The van der Waals surface area contributed by atoms with Crippen LogP contribution in [0, 0.1) is 5.92 Å². The van der Waals surface area contributed by atoms with Crippen LogP contribution in [0.4, 0.5) is 0 Å². The minimum Gasteiger partial charge on any atom is -0.504 e. The van der Waals surface area contributed by atoms with E-state index < -0.39 is 0 Å². The lowest BCUT2D eigenvalue weighted by atomic mass is 10.0. The minimum atomic E-state index is 0.218. The minimum absolute atomic E-state index is 0.218. The molecule has 1 saturated carbocycles. The molecule has 0 heterocycles. The maximum atomic E-state index is 9.69. The third-order valence-corrected chi connectivity index (χ3v) is 2.97. The summed E-state index contributed by atoms with van der Waals surface area (Å²) in [6, 6.07) is 5.98. The average molecular weight is 207 g/mol. The van der Waals surface area contributed by atoms with Gasteiger partial charge >= 0.3 is 0 Å². The molecule has 15 heavy (non-hydrogen) atoms. The lowest BCUT2D eigenvalue weighted by Crippen LogP contribution is -2.18. The molecule has 1 aromatic rings. The predicted molar refractivity (Wildman–Crippen MR) is 59.2 cm³/mol. The molecule has 1 atom stereocenters. The van der Waals surface area contributed by atoms with E-state index in [-0.39, 0.29) is 5.75 Å². The summed E-state index contributed by atoms with van der Waals surface area (Å²) in [5.74, 6) is 1.48. The molecule has 0 aliphatic heterocycles. The van der Waals surface area contributed by atoms with Gasteiger partial charge in [0.25, 0.3) is 0 Å². The van der Waals surface area contributed by atoms with Crippen LogP contribution in [-0.2, 0) is 0 Å². The molecule has 0 saturated heterocycles. The van der Waals surface area contributed by atoms with Crippen LogP contribution in [0.2, 0.25) is 0 Å². The van der Waals surface area contributed by atoms with E-state index in [1.54, 1.807) is 13.2 Å². The number of methoxy groups -OCH3 is 1. The van der Waals surface area contributed by atoms with Gasteiger partial charge in [0.15, 0.2) is 11.5 Å². The Labute approximate surface area is 90.1 Å². The number of nitrogens with one attached hydrogen (secondary N) is 1. The monoisotopic (exact) mass is 207 g/mol. The fourth-order valence-corrected chi connectivity index (χ4v) is 2.00. The number of phenols is 1. The third kappa shape index (κ3) is 2.07. The van der Waals surface area contributed by atoms with Crippen molar-refractivity contribution in [2.75, 3.05) is 14.2 Å². The van der Waals surface area contributed by atoms with Crippen LogP contribution in [0.5, 0.6) is 11.5 Å². The van der Waals surface area contributed by atoms with Gasteiger partial charge in [-0.15, -0.1) is 0 Å². The maximum Gasteiger partial charge on any atom is 0.160 e. The Balaban J connectivity index is 2.23. The van der Waals surface area contributed by atoms with Gasteiger partial charge in [0, 0.05) is 6.04 Å². The molecule has 1 fully saturated rings. The van der Waals surface area contributed by atoms with Gasteiger partial charge < -0.3 is 15.2 Å². The van der Waals surface area contributed by atoms with Crippen LogP contribution in [0.25, 0.3) is 0 Å². The number of hydrogen-bond acceptors (Lipinski definition) is 3. The van der Waals surface area contributed by atoms with Gasteiger partial charge in [0.1, 0.15) is 0 Å². The van der Waals surface area contributed by atoms with Crippen LogP contribution >= 0.6 is 0 Å². The molecule has 1 aromatic carbocycles. The van der Waals surface area contributed by atoms with Gasteiger partial charge in [0.2, 0.25) is 0 Å². The Kier molecular flexibility index (Phi) is 2.82. The molecule has 2 N–H and O–H groups in total. The fraction of sp³-hybridized carbons (Fsp3) is 0.500. The highest BCUT2D eigenvalue weighted by molar-refractivity contribution is 5.43. The van der Waals surface area contributed by atoms with E-state index in [1.165, 1.54) is 12.8 Å². The van der Waals surface area contributed by atoms with E-state index in [0.29, 0.717) is 11.8 Å². The van der Waals surface area contributed by atoms with Gasteiger partial charge in [-0.05, 0) is 43.5 Å². The summed E-state index contributed by atoms with van der Waals surface area (Å²) in [6.45, 7) is 0. The Morgan fingerprint density at radius 3 is 2.67 bits per heavy atom. The summed E-state index contributed by atoms with van der Waals surface area (Å²) in [5, 5.41) is 13.0. The number of aromatic hydroxyl groups is 1. The number of ether oxygens (including phenoxy) is 1. The topological polar surface area (TPSA) is 41.5 Å². The van der Waals surface area contributed by atoms with Crippen LogP contribution in [-0.4, -0.2) is 19.3 Å². The van der Waals surface area contributed by atoms with Crippen molar-refractivity contribution in [2.24, 2.45) is 5.92 Å². The quantitative estimate of drug-likeness (QED) is 0.794. The van der Waals surface area contributed by atoms with E-state index in [9.17, 15) is 5.11 Å². The summed E-state index contributed by atoms with van der Waals surface area (Å²) in [5.41, 5.74) is 1.14. The highest BCUT2D eigenvalue weighted by atomic mass is 16.5. The number of benzene rings is 1. The highest BCUT2D eigenvalue weighted by Crippen LogP contribution is 2.42. The van der Waals surface area contributed by atoms with Gasteiger partial charge in [-0.1, -0.05) is 6.07 Å². The lowest BCUT2D eigenvalue weighted by Gasteiger charge is -2.16. The molecule has 1 aliphatic rings. The van der Waals surface area contributed by atoms with E-state index in [0.717, 1.165) is 11.5 Å². The molecular formula is C12H17NO2. The molecule has 0 amide bonds. The van der Waals surface area contributed by atoms with Gasteiger partial charge in [-0.3, -0.25) is 0 Å². The first-order valence-corrected chi connectivity index (χ1v) is 5.30. The summed E-state index contributed by atoms with van der Waals surface area (Å²) < 4.78 is 5.02. The van der Waals surface area contributed by atoms with Crippen molar-refractivity contribution in [3.05, 3.63) is 23.8 Å². The standard InChI is InChI=1S/C12H17NO2/c1-13-12(8-3-4-8)9-5-6-11(15-2)10(14)7-9/h5-8,12-14H,3-4H2,1-2H3. The zero-order chi connectivity index (χ0) is 10.8. The van der Waals surface area contributed by atoms with Crippen molar-refractivity contribution in [1.29, 1.82) is 0 Å². The molecule has 0 spiro atoms. The number of hydrogen-bond donors (Lipinski definition) is 2. The van der Waals surface area contributed by atoms with Gasteiger partial charge in [-0.2, -0.15) is 0 Å². The average Bonchev–Trinajstić information content (AvgIpc) is 3.03.